The maximum Gasteiger partial charge on any atom is 0.242 e. The van der Waals surface area contributed by atoms with Crippen molar-refractivity contribution in [3.8, 4) is 0 Å². The number of carbonyl (C=O) groups is 1. The van der Waals surface area contributed by atoms with Gasteiger partial charge < -0.3 is 5.32 Å². The Hall–Kier alpha value is -0.670. The zero-order valence-corrected chi connectivity index (χ0v) is 5.60. The lowest BCUT2D eigenvalue weighted by atomic mass is 10.3. The number of amides is 1. The van der Waals surface area contributed by atoms with Crippen LogP contribution in [0.2, 0.25) is 0 Å². The average molecular weight is 149 g/mol. The molecule has 1 saturated carbocycles. The average Bonchev–Trinajstić information content (AvgIpc) is 2.64. The number of hydrogen-bond donors (Lipinski definition) is 1. The van der Waals surface area contributed by atoms with E-state index in [9.17, 15) is 13.6 Å². The fraction of sp³-hybridized carbons (Fsp3) is 0.833. The molecular weight excluding hydrogens is 140 g/mol. The minimum atomic E-state index is -2.33. The molecule has 0 aromatic carbocycles. The lowest BCUT2D eigenvalue weighted by molar-refractivity contribution is -0.122. The van der Waals surface area contributed by atoms with Crippen LogP contribution < -0.4 is 5.32 Å². The summed E-state index contributed by atoms with van der Waals surface area (Å²) in [5, 5.41) is 2.34. The maximum absolute atomic E-state index is 11.8. The summed E-state index contributed by atoms with van der Waals surface area (Å²) < 4.78 is 23.6. The summed E-state index contributed by atoms with van der Waals surface area (Å²) in [6.45, 7) is 0. The highest BCUT2D eigenvalue weighted by atomic mass is 19.3. The van der Waals surface area contributed by atoms with Gasteiger partial charge in [-0.05, 0) is 6.42 Å². The Morgan fingerprint density at radius 3 is 2.60 bits per heavy atom. The van der Waals surface area contributed by atoms with Gasteiger partial charge >= 0.3 is 0 Å². The fourth-order valence-corrected chi connectivity index (χ4v) is 0.980. The Kier molecular flexibility index (Phi) is 1.87. The van der Waals surface area contributed by atoms with Crippen molar-refractivity contribution in [1.82, 2.24) is 5.32 Å². The first kappa shape index (κ1) is 7.44. The largest absolute Gasteiger partial charge is 0.359 e. The number of hydrogen-bond acceptors (Lipinski definition) is 1. The van der Waals surface area contributed by atoms with Crippen molar-refractivity contribution in [3.05, 3.63) is 0 Å². The molecule has 0 heterocycles. The van der Waals surface area contributed by atoms with E-state index in [2.05, 4.69) is 5.32 Å². The van der Waals surface area contributed by atoms with E-state index in [4.69, 9.17) is 0 Å². The summed E-state index contributed by atoms with van der Waals surface area (Å²) in [5.74, 6) is -1.37. The summed E-state index contributed by atoms with van der Waals surface area (Å²) in [6.07, 6.45) is -1.99. The first-order chi connectivity index (χ1) is 4.66. The third-order valence-corrected chi connectivity index (χ3v) is 1.75. The van der Waals surface area contributed by atoms with Crippen LogP contribution in [0.4, 0.5) is 8.78 Å². The van der Waals surface area contributed by atoms with Crippen LogP contribution in [0.1, 0.15) is 6.42 Å². The van der Waals surface area contributed by atoms with Gasteiger partial charge in [-0.3, -0.25) is 4.79 Å². The SMILES string of the molecule is CNC(=O)[C@H]1C[C@@H]1C(F)F. The maximum atomic E-state index is 11.8. The van der Waals surface area contributed by atoms with Gasteiger partial charge in [0.1, 0.15) is 0 Å². The Morgan fingerprint density at radius 2 is 2.30 bits per heavy atom. The van der Waals surface area contributed by atoms with Gasteiger partial charge in [-0.1, -0.05) is 0 Å². The van der Waals surface area contributed by atoms with E-state index in [1.54, 1.807) is 0 Å². The molecule has 0 aromatic heterocycles. The van der Waals surface area contributed by atoms with Crippen molar-refractivity contribution in [1.29, 1.82) is 0 Å². The molecule has 0 radical (unpaired) electrons. The molecule has 1 aliphatic carbocycles. The highest BCUT2D eigenvalue weighted by Gasteiger charge is 2.48. The second-order valence-corrected chi connectivity index (χ2v) is 2.45. The molecule has 0 aromatic rings. The van der Waals surface area contributed by atoms with Crippen LogP contribution in [-0.4, -0.2) is 19.4 Å². The van der Waals surface area contributed by atoms with Gasteiger partial charge in [-0.25, -0.2) is 8.78 Å². The summed E-state index contributed by atoms with van der Waals surface area (Å²) >= 11 is 0. The third-order valence-electron chi connectivity index (χ3n) is 1.75. The molecule has 58 valence electrons. The van der Waals surface area contributed by atoms with Crippen molar-refractivity contribution < 1.29 is 13.6 Å². The van der Waals surface area contributed by atoms with Gasteiger partial charge in [-0.2, -0.15) is 0 Å². The molecule has 10 heavy (non-hydrogen) atoms. The molecule has 1 N–H and O–H groups in total. The molecule has 0 aliphatic heterocycles. The zero-order chi connectivity index (χ0) is 7.72. The van der Waals surface area contributed by atoms with Crippen LogP contribution in [0.3, 0.4) is 0 Å². The minimum absolute atomic E-state index is 0.259. The summed E-state index contributed by atoms with van der Waals surface area (Å²) in [6, 6.07) is 0. The second-order valence-electron chi connectivity index (χ2n) is 2.45. The van der Waals surface area contributed by atoms with Gasteiger partial charge in [0, 0.05) is 18.9 Å². The Balaban J connectivity index is 2.31. The van der Waals surface area contributed by atoms with Gasteiger partial charge in [0.05, 0.1) is 0 Å². The number of halogens is 2. The first-order valence-electron chi connectivity index (χ1n) is 3.16. The number of carbonyl (C=O) groups excluding carboxylic acids is 1. The molecule has 0 saturated heterocycles. The van der Waals surface area contributed by atoms with Crippen molar-refractivity contribution in [3.63, 3.8) is 0 Å². The molecule has 1 amide bonds. The van der Waals surface area contributed by atoms with Gasteiger partial charge in [-0.15, -0.1) is 0 Å². The number of rotatable bonds is 2. The second kappa shape index (κ2) is 2.52. The van der Waals surface area contributed by atoms with Crippen LogP contribution in [0.15, 0.2) is 0 Å². The molecule has 0 spiro atoms. The van der Waals surface area contributed by atoms with Crippen LogP contribution in [0.25, 0.3) is 0 Å². The molecule has 0 unspecified atom stereocenters. The van der Waals surface area contributed by atoms with E-state index in [0.717, 1.165) is 0 Å². The first-order valence-corrected chi connectivity index (χ1v) is 3.16. The van der Waals surface area contributed by atoms with E-state index < -0.39 is 18.3 Å². The van der Waals surface area contributed by atoms with Crippen LogP contribution in [-0.2, 0) is 4.79 Å². The lowest BCUT2D eigenvalue weighted by Crippen LogP contribution is -2.21. The predicted molar refractivity (Wildman–Crippen MR) is 31.7 cm³/mol. The lowest BCUT2D eigenvalue weighted by Gasteiger charge is -1.96. The van der Waals surface area contributed by atoms with Crippen molar-refractivity contribution in [2.24, 2.45) is 11.8 Å². The Bertz CT molecular complexity index is 149. The predicted octanol–water partition coefficient (Wildman–Crippen LogP) is 0.634. The smallest absolute Gasteiger partial charge is 0.242 e. The summed E-state index contributed by atoms with van der Waals surface area (Å²) in [5.41, 5.74) is 0. The molecule has 0 bridgehead atoms. The normalized spacial score (nSPS) is 30.4. The van der Waals surface area contributed by atoms with Crippen molar-refractivity contribution in [2.45, 2.75) is 12.8 Å². The van der Waals surface area contributed by atoms with Gasteiger partial charge in [0.25, 0.3) is 0 Å². The number of alkyl halides is 2. The van der Waals surface area contributed by atoms with Crippen LogP contribution in [0.5, 0.6) is 0 Å². The molecule has 1 rings (SSSR count). The topological polar surface area (TPSA) is 29.1 Å². The summed E-state index contributed by atoms with van der Waals surface area (Å²) in [4.78, 5) is 10.6. The van der Waals surface area contributed by atoms with E-state index in [1.165, 1.54) is 7.05 Å². The van der Waals surface area contributed by atoms with E-state index >= 15 is 0 Å². The highest BCUT2D eigenvalue weighted by molar-refractivity contribution is 5.81. The van der Waals surface area contributed by atoms with E-state index in [1.807, 2.05) is 0 Å². The van der Waals surface area contributed by atoms with E-state index in [-0.39, 0.29) is 5.91 Å². The molecule has 1 fully saturated rings. The molecular formula is C6H9F2NO. The standard InChI is InChI=1S/C6H9F2NO/c1-9-6(10)4-2-3(4)5(7)8/h3-5H,2H2,1H3,(H,9,10)/t3-,4-/m0/s1. The van der Waals surface area contributed by atoms with E-state index in [0.29, 0.717) is 6.42 Å². The Labute approximate surface area is 57.6 Å². The van der Waals surface area contributed by atoms with Crippen molar-refractivity contribution >= 4 is 5.91 Å². The zero-order valence-electron chi connectivity index (χ0n) is 5.60. The van der Waals surface area contributed by atoms with Gasteiger partial charge in [0.2, 0.25) is 12.3 Å². The Morgan fingerprint density at radius 1 is 1.70 bits per heavy atom. The fourth-order valence-electron chi connectivity index (χ4n) is 0.980. The van der Waals surface area contributed by atoms with Crippen LogP contribution in [0, 0.1) is 11.8 Å². The van der Waals surface area contributed by atoms with Gasteiger partial charge in [0.15, 0.2) is 0 Å². The molecule has 4 heteroatoms. The summed E-state index contributed by atoms with van der Waals surface area (Å²) in [7, 11) is 1.46. The van der Waals surface area contributed by atoms with Crippen LogP contribution >= 0.6 is 0 Å². The molecule has 1 aliphatic rings. The highest BCUT2D eigenvalue weighted by Crippen LogP contribution is 2.42. The monoisotopic (exact) mass is 149 g/mol. The molecule has 2 atom stereocenters. The quantitative estimate of drug-likeness (QED) is 0.613. The van der Waals surface area contributed by atoms with Crippen molar-refractivity contribution in [2.75, 3.05) is 7.05 Å². The third kappa shape index (κ3) is 1.25. The minimum Gasteiger partial charge on any atom is -0.359 e. The molecule has 2 nitrogen and oxygen atoms in total. The number of nitrogens with one attached hydrogen (secondary N) is 1.